The van der Waals surface area contributed by atoms with Crippen LogP contribution in [0, 0.1) is 0 Å². The Morgan fingerprint density at radius 2 is 1.82 bits per heavy atom. The predicted octanol–water partition coefficient (Wildman–Crippen LogP) is 4.85. The minimum Gasteiger partial charge on any atom is -0.501 e. The van der Waals surface area contributed by atoms with E-state index in [1.165, 1.54) is 17.5 Å². The number of likely N-dealkylation sites (N-methyl/N-ethyl adjacent to an activating group) is 1. The van der Waals surface area contributed by atoms with Crippen LogP contribution in [0.2, 0.25) is 0 Å². The fourth-order valence-electron chi connectivity index (χ4n) is 5.43. The first kappa shape index (κ1) is 25.0. The van der Waals surface area contributed by atoms with Crippen LogP contribution in [-0.4, -0.2) is 38.6 Å². The van der Waals surface area contributed by atoms with Crippen LogP contribution < -0.4 is 5.56 Å². The second-order valence-corrected chi connectivity index (χ2v) is 9.19. The lowest BCUT2D eigenvalue weighted by atomic mass is 9.67. The molecule has 0 radical (unpaired) electrons. The van der Waals surface area contributed by atoms with Gasteiger partial charge in [0, 0.05) is 31.5 Å². The standard InChI is InChI=1S/C25H33N3O3.C2H6/c1-4-17-10-9-11-18(14-17)25(12-7-6-8-13-25)15-20-26-23(30)22(29)21-24(31)27(3)19(5-2)16-28(20)21;1-2/h9-11,14,19,29H,4-8,12-13,15-16H2,1-3H3;1-2H3. The number of carbonyl (C=O) groups excluding carboxylic acids is 1. The molecular formula is C27H39N3O3. The number of amides is 1. The van der Waals surface area contributed by atoms with Gasteiger partial charge in [-0.2, -0.15) is 4.98 Å². The molecule has 6 heteroatoms. The highest BCUT2D eigenvalue weighted by molar-refractivity contribution is 5.95. The highest BCUT2D eigenvalue weighted by Gasteiger charge is 2.39. The van der Waals surface area contributed by atoms with Crippen molar-refractivity contribution in [3.63, 3.8) is 0 Å². The van der Waals surface area contributed by atoms with E-state index in [1.54, 1.807) is 11.9 Å². The van der Waals surface area contributed by atoms with Crippen molar-refractivity contribution in [1.82, 2.24) is 14.5 Å². The lowest BCUT2D eigenvalue weighted by Gasteiger charge is -2.40. The largest absolute Gasteiger partial charge is 0.501 e. The van der Waals surface area contributed by atoms with Crippen molar-refractivity contribution in [3.8, 4) is 5.75 Å². The van der Waals surface area contributed by atoms with Crippen LogP contribution in [0.5, 0.6) is 5.75 Å². The van der Waals surface area contributed by atoms with Crippen molar-refractivity contribution < 1.29 is 9.90 Å². The van der Waals surface area contributed by atoms with Crippen LogP contribution >= 0.6 is 0 Å². The van der Waals surface area contributed by atoms with Gasteiger partial charge >= 0.3 is 5.56 Å². The van der Waals surface area contributed by atoms with E-state index in [4.69, 9.17) is 0 Å². The third-order valence-electron chi connectivity index (χ3n) is 7.43. The van der Waals surface area contributed by atoms with Crippen molar-refractivity contribution >= 4 is 5.91 Å². The number of aromatic nitrogens is 2. The second kappa shape index (κ2) is 10.5. The summed E-state index contributed by atoms with van der Waals surface area (Å²) in [6.45, 7) is 8.76. The van der Waals surface area contributed by atoms with Crippen LogP contribution in [0.3, 0.4) is 0 Å². The number of benzene rings is 1. The monoisotopic (exact) mass is 453 g/mol. The zero-order chi connectivity index (χ0) is 24.2. The van der Waals surface area contributed by atoms with Crippen LogP contribution in [0.15, 0.2) is 29.1 Å². The van der Waals surface area contributed by atoms with Crippen LogP contribution in [0.1, 0.15) is 93.7 Å². The Morgan fingerprint density at radius 1 is 1.12 bits per heavy atom. The molecule has 1 N–H and O–H groups in total. The number of hydrogen-bond donors (Lipinski definition) is 1. The van der Waals surface area contributed by atoms with Crippen molar-refractivity contribution in [2.24, 2.45) is 0 Å². The molecule has 0 saturated heterocycles. The van der Waals surface area contributed by atoms with Gasteiger partial charge in [-0.05, 0) is 36.8 Å². The molecule has 2 aliphatic rings. The molecule has 1 aromatic carbocycles. The Labute approximate surface area is 197 Å². The van der Waals surface area contributed by atoms with Gasteiger partial charge in [-0.15, -0.1) is 0 Å². The number of nitrogens with zero attached hydrogens (tertiary/aromatic N) is 3. The summed E-state index contributed by atoms with van der Waals surface area (Å²) >= 11 is 0. The average molecular weight is 454 g/mol. The fraction of sp³-hybridized carbons (Fsp3) is 0.593. The summed E-state index contributed by atoms with van der Waals surface area (Å²) in [6.07, 6.45) is 7.98. The van der Waals surface area contributed by atoms with Gasteiger partial charge < -0.3 is 14.6 Å². The molecule has 180 valence electrons. The number of rotatable bonds is 5. The quantitative estimate of drug-likeness (QED) is 0.702. The van der Waals surface area contributed by atoms with E-state index in [0.29, 0.717) is 18.8 Å². The molecule has 1 unspecified atom stereocenters. The third kappa shape index (κ3) is 4.71. The molecule has 1 fully saturated rings. The molecule has 1 aliphatic heterocycles. The van der Waals surface area contributed by atoms with Gasteiger partial charge in [0.1, 0.15) is 5.82 Å². The zero-order valence-corrected chi connectivity index (χ0v) is 20.9. The highest BCUT2D eigenvalue weighted by atomic mass is 16.3. The molecule has 1 saturated carbocycles. The minimum atomic E-state index is -0.703. The maximum atomic E-state index is 13.0. The van der Waals surface area contributed by atoms with Crippen LogP contribution in [0.25, 0.3) is 0 Å². The third-order valence-corrected chi connectivity index (χ3v) is 7.43. The molecule has 0 spiro atoms. The predicted molar refractivity (Wildman–Crippen MR) is 132 cm³/mol. The summed E-state index contributed by atoms with van der Waals surface area (Å²) in [4.78, 5) is 31.5. The summed E-state index contributed by atoms with van der Waals surface area (Å²) < 4.78 is 1.83. The van der Waals surface area contributed by atoms with Crippen molar-refractivity contribution in [3.05, 3.63) is 57.3 Å². The maximum absolute atomic E-state index is 13.0. The first-order valence-corrected chi connectivity index (χ1v) is 12.6. The fourth-order valence-corrected chi connectivity index (χ4v) is 5.43. The van der Waals surface area contributed by atoms with E-state index in [9.17, 15) is 14.7 Å². The first-order valence-electron chi connectivity index (χ1n) is 12.6. The number of aryl methyl sites for hydroxylation is 1. The lowest BCUT2D eigenvalue weighted by molar-refractivity contribution is 0.0636. The molecular weight excluding hydrogens is 414 g/mol. The average Bonchev–Trinajstić information content (AvgIpc) is 2.86. The van der Waals surface area contributed by atoms with E-state index in [2.05, 4.69) is 36.2 Å². The molecule has 2 aromatic rings. The Balaban J connectivity index is 0.00000149. The van der Waals surface area contributed by atoms with Gasteiger partial charge in [0.2, 0.25) is 5.75 Å². The van der Waals surface area contributed by atoms with Gasteiger partial charge in [0.05, 0.1) is 0 Å². The molecule has 1 aliphatic carbocycles. The Hall–Kier alpha value is -2.63. The summed E-state index contributed by atoms with van der Waals surface area (Å²) in [5, 5.41) is 10.4. The summed E-state index contributed by atoms with van der Waals surface area (Å²) in [6, 6.07) is 8.81. The highest BCUT2D eigenvalue weighted by Crippen LogP contribution is 2.42. The van der Waals surface area contributed by atoms with Gasteiger partial charge in [-0.3, -0.25) is 9.59 Å². The van der Waals surface area contributed by atoms with E-state index in [1.807, 2.05) is 25.3 Å². The molecule has 6 nitrogen and oxygen atoms in total. The number of aromatic hydroxyl groups is 1. The summed E-state index contributed by atoms with van der Waals surface area (Å²) in [7, 11) is 1.74. The van der Waals surface area contributed by atoms with Crippen molar-refractivity contribution in [2.75, 3.05) is 7.05 Å². The van der Waals surface area contributed by atoms with E-state index >= 15 is 0 Å². The Bertz CT molecular complexity index is 1040. The molecule has 1 amide bonds. The van der Waals surface area contributed by atoms with Gasteiger partial charge in [0.15, 0.2) is 5.69 Å². The van der Waals surface area contributed by atoms with Crippen molar-refractivity contribution in [1.29, 1.82) is 0 Å². The van der Waals surface area contributed by atoms with Crippen LogP contribution in [0.4, 0.5) is 0 Å². The zero-order valence-electron chi connectivity index (χ0n) is 20.9. The van der Waals surface area contributed by atoms with E-state index in [0.717, 1.165) is 38.5 Å². The van der Waals surface area contributed by atoms with Gasteiger partial charge in [0.25, 0.3) is 5.91 Å². The lowest BCUT2D eigenvalue weighted by Crippen LogP contribution is -2.48. The molecule has 1 aromatic heterocycles. The topological polar surface area (TPSA) is 75.4 Å². The van der Waals surface area contributed by atoms with E-state index < -0.39 is 11.3 Å². The smallest absolute Gasteiger partial charge is 0.315 e. The summed E-state index contributed by atoms with van der Waals surface area (Å²) in [5.41, 5.74) is 1.90. The van der Waals surface area contributed by atoms with Gasteiger partial charge in [-0.25, -0.2) is 0 Å². The Kier molecular flexibility index (Phi) is 7.98. The molecule has 1 atom stereocenters. The number of carbonyl (C=O) groups is 1. The first-order chi connectivity index (χ1) is 15.9. The summed E-state index contributed by atoms with van der Waals surface area (Å²) in [5.74, 6) is -0.204. The maximum Gasteiger partial charge on any atom is 0.315 e. The Morgan fingerprint density at radius 3 is 2.45 bits per heavy atom. The number of fused-ring (bicyclic) bond motifs is 1. The van der Waals surface area contributed by atoms with Crippen LogP contribution in [-0.2, 0) is 24.8 Å². The molecule has 2 heterocycles. The number of hydrogen-bond acceptors (Lipinski definition) is 4. The molecule has 4 rings (SSSR count). The molecule has 0 bridgehead atoms. The van der Waals surface area contributed by atoms with Crippen molar-refractivity contribution in [2.45, 2.75) is 97.1 Å². The second-order valence-electron chi connectivity index (χ2n) is 9.19. The minimum absolute atomic E-state index is 0.0215. The van der Waals surface area contributed by atoms with Gasteiger partial charge in [-0.1, -0.05) is 71.2 Å². The SMILES string of the molecule is CC.CCc1cccc(C2(Cc3nc(=O)c(O)c4n3CC(CC)N(C)C4=O)CCCCC2)c1. The normalized spacial score (nSPS) is 19.5. The molecule has 33 heavy (non-hydrogen) atoms. The van der Waals surface area contributed by atoms with E-state index in [-0.39, 0.29) is 23.1 Å².